The van der Waals surface area contributed by atoms with Crippen LogP contribution in [0.5, 0.6) is 0 Å². The highest BCUT2D eigenvalue weighted by molar-refractivity contribution is 6.12. The van der Waals surface area contributed by atoms with E-state index >= 15 is 0 Å². The van der Waals surface area contributed by atoms with Crippen LogP contribution in [0.4, 0.5) is 10.1 Å². The lowest BCUT2D eigenvalue weighted by molar-refractivity contribution is -0.151. The van der Waals surface area contributed by atoms with Crippen LogP contribution in [-0.4, -0.2) is 40.8 Å². The quantitative estimate of drug-likeness (QED) is 0.761. The van der Waals surface area contributed by atoms with E-state index in [9.17, 15) is 18.8 Å². The van der Waals surface area contributed by atoms with Crippen LogP contribution in [-0.2, 0) is 19.9 Å². The molecule has 162 valence electrons. The van der Waals surface area contributed by atoms with Gasteiger partial charge in [0.1, 0.15) is 5.82 Å². The number of likely N-dealkylation sites (tertiary alicyclic amines) is 1. The number of carbonyl (C=O) groups excluding carboxylic acids is 3. The van der Waals surface area contributed by atoms with Gasteiger partial charge in [0.25, 0.3) is 11.8 Å². The number of aromatic nitrogens is 1. The third kappa shape index (κ3) is 3.17. The van der Waals surface area contributed by atoms with Gasteiger partial charge >= 0.3 is 5.97 Å². The van der Waals surface area contributed by atoms with Crippen LogP contribution in [0, 0.1) is 17.7 Å². The van der Waals surface area contributed by atoms with Crippen molar-refractivity contribution in [1.29, 1.82) is 0 Å². The van der Waals surface area contributed by atoms with Crippen molar-refractivity contribution in [3.63, 3.8) is 0 Å². The molecule has 0 bridgehead atoms. The van der Waals surface area contributed by atoms with Crippen molar-refractivity contribution in [2.75, 3.05) is 12.4 Å². The monoisotopic (exact) mass is 425 g/mol. The molecule has 2 amide bonds. The van der Waals surface area contributed by atoms with Gasteiger partial charge in [0.15, 0.2) is 5.54 Å². The Balaban J connectivity index is 1.97. The molecule has 1 spiro atoms. The second-order valence-corrected chi connectivity index (χ2v) is 8.42. The number of halogens is 1. The predicted molar refractivity (Wildman–Crippen MR) is 110 cm³/mol. The number of fused-ring (bicyclic) bond motifs is 2. The zero-order valence-corrected chi connectivity index (χ0v) is 17.6. The Kier molecular flexibility index (Phi) is 5.24. The summed E-state index contributed by atoms with van der Waals surface area (Å²) in [6.45, 7) is 4.01. The fourth-order valence-electron chi connectivity index (χ4n) is 4.98. The highest BCUT2D eigenvalue weighted by Crippen LogP contribution is 2.54. The fourth-order valence-corrected chi connectivity index (χ4v) is 4.98. The number of anilines is 1. The van der Waals surface area contributed by atoms with Gasteiger partial charge in [0.05, 0.1) is 18.6 Å². The maximum Gasteiger partial charge on any atom is 0.312 e. The summed E-state index contributed by atoms with van der Waals surface area (Å²) in [6.07, 6.45) is 3.78. The largest absolute Gasteiger partial charge is 0.469 e. The van der Waals surface area contributed by atoms with Crippen LogP contribution >= 0.6 is 0 Å². The molecule has 1 aromatic carbocycles. The third-order valence-corrected chi connectivity index (χ3v) is 6.10. The van der Waals surface area contributed by atoms with Crippen LogP contribution in [0.25, 0.3) is 0 Å². The van der Waals surface area contributed by atoms with Crippen LogP contribution < -0.4 is 5.32 Å². The molecule has 2 aromatic rings. The van der Waals surface area contributed by atoms with Crippen LogP contribution in [0.2, 0.25) is 0 Å². The van der Waals surface area contributed by atoms with Gasteiger partial charge in [-0.25, -0.2) is 4.39 Å². The van der Waals surface area contributed by atoms with E-state index in [1.54, 1.807) is 18.3 Å². The fraction of sp³-hybridized carbons (Fsp3) is 0.391. The molecule has 3 atom stereocenters. The van der Waals surface area contributed by atoms with Crippen molar-refractivity contribution in [1.82, 2.24) is 9.88 Å². The lowest BCUT2D eigenvalue weighted by Crippen LogP contribution is -2.56. The topological polar surface area (TPSA) is 88.6 Å². The molecule has 8 heteroatoms. The van der Waals surface area contributed by atoms with Crippen LogP contribution in [0.3, 0.4) is 0 Å². The average molecular weight is 425 g/mol. The minimum Gasteiger partial charge on any atom is -0.469 e. The minimum absolute atomic E-state index is 0.194. The number of nitrogens with zero attached hydrogens (tertiary/aromatic N) is 2. The van der Waals surface area contributed by atoms with Gasteiger partial charge in [0, 0.05) is 29.7 Å². The number of carbonyl (C=O) groups is 3. The summed E-state index contributed by atoms with van der Waals surface area (Å²) in [7, 11) is 1.25. The summed E-state index contributed by atoms with van der Waals surface area (Å²) < 4.78 is 19.4. The summed E-state index contributed by atoms with van der Waals surface area (Å²) in [4.78, 5) is 45.7. The molecule has 0 unspecified atom stereocenters. The van der Waals surface area contributed by atoms with Gasteiger partial charge in [-0.1, -0.05) is 13.8 Å². The standard InChI is InChI=1S/C23H24FN3O4/c1-13(2)9-16-11-18(21(29)31-3)23(27(16)20(28)14-5-4-8-25-12-14)17-10-15(24)6-7-19(17)26-22(23)30/h4-8,10,12-13,16,18H,9,11H2,1-3H3,(H,26,30)/t16-,18-,23+/m0/s1. The maximum atomic E-state index is 14.3. The molecule has 1 N–H and O–H groups in total. The Morgan fingerprint density at radius 1 is 1.35 bits per heavy atom. The normalized spacial score (nSPS) is 24.4. The molecule has 31 heavy (non-hydrogen) atoms. The third-order valence-electron chi connectivity index (χ3n) is 6.10. The van der Waals surface area contributed by atoms with Gasteiger partial charge in [0.2, 0.25) is 0 Å². The van der Waals surface area contributed by atoms with E-state index in [-0.39, 0.29) is 17.9 Å². The average Bonchev–Trinajstić information content (AvgIpc) is 3.23. The van der Waals surface area contributed by atoms with E-state index in [1.165, 1.54) is 36.4 Å². The molecule has 2 aliphatic rings. The summed E-state index contributed by atoms with van der Waals surface area (Å²) in [5.74, 6) is -2.91. The number of nitrogens with one attached hydrogen (secondary N) is 1. The van der Waals surface area contributed by atoms with Crippen LogP contribution in [0.1, 0.15) is 42.6 Å². The van der Waals surface area contributed by atoms with Crippen molar-refractivity contribution in [3.05, 3.63) is 59.7 Å². The molecule has 1 aromatic heterocycles. The lowest BCUT2D eigenvalue weighted by atomic mass is 9.79. The molecule has 4 rings (SSSR count). The predicted octanol–water partition coefficient (Wildman–Crippen LogP) is 3.12. The summed E-state index contributed by atoms with van der Waals surface area (Å²) in [6, 6.07) is 6.74. The Labute approximate surface area is 179 Å². The van der Waals surface area contributed by atoms with E-state index in [4.69, 9.17) is 4.74 Å². The first-order valence-electron chi connectivity index (χ1n) is 10.2. The molecule has 2 aliphatic heterocycles. The zero-order chi connectivity index (χ0) is 22.3. The summed E-state index contributed by atoms with van der Waals surface area (Å²) in [5.41, 5.74) is -0.749. The molecule has 1 fully saturated rings. The molecule has 7 nitrogen and oxygen atoms in total. The van der Waals surface area contributed by atoms with E-state index in [0.717, 1.165) is 0 Å². The SMILES string of the molecule is COC(=O)[C@@H]1C[C@H](CC(C)C)N(C(=O)c2cccnc2)[C@@]12C(=O)Nc1ccc(F)cc12. The summed E-state index contributed by atoms with van der Waals surface area (Å²) >= 11 is 0. The molecular formula is C23H24FN3O4. The molecule has 0 aliphatic carbocycles. The number of rotatable bonds is 4. The first-order chi connectivity index (χ1) is 14.8. The van der Waals surface area contributed by atoms with Crippen molar-refractivity contribution < 1.29 is 23.5 Å². The molecule has 1 saturated heterocycles. The van der Waals surface area contributed by atoms with E-state index in [2.05, 4.69) is 10.3 Å². The Hall–Kier alpha value is -3.29. The number of esters is 1. The highest BCUT2D eigenvalue weighted by Gasteiger charge is 2.66. The van der Waals surface area contributed by atoms with E-state index in [1.807, 2.05) is 13.8 Å². The molecule has 0 radical (unpaired) electrons. The van der Waals surface area contributed by atoms with Gasteiger partial charge in [-0.2, -0.15) is 0 Å². The number of ether oxygens (including phenoxy) is 1. The molecule has 0 saturated carbocycles. The second-order valence-electron chi connectivity index (χ2n) is 8.42. The van der Waals surface area contributed by atoms with Crippen molar-refractivity contribution in [2.24, 2.45) is 11.8 Å². The first-order valence-corrected chi connectivity index (χ1v) is 10.2. The first kappa shape index (κ1) is 21.0. The van der Waals surface area contributed by atoms with E-state index < -0.39 is 41.1 Å². The number of benzene rings is 1. The second kappa shape index (κ2) is 7.76. The molecular weight excluding hydrogens is 401 g/mol. The minimum atomic E-state index is -1.70. The number of pyridine rings is 1. The Bertz CT molecular complexity index is 1040. The van der Waals surface area contributed by atoms with Gasteiger partial charge in [-0.05, 0) is 49.1 Å². The van der Waals surface area contributed by atoms with Crippen molar-refractivity contribution in [3.8, 4) is 0 Å². The highest BCUT2D eigenvalue weighted by atomic mass is 19.1. The van der Waals surface area contributed by atoms with Crippen LogP contribution in [0.15, 0.2) is 42.7 Å². The number of hydrogen-bond acceptors (Lipinski definition) is 5. The number of methoxy groups -OCH3 is 1. The van der Waals surface area contributed by atoms with Gasteiger partial charge in [-0.3, -0.25) is 19.4 Å². The zero-order valence-electron chi connectivity index (χ0n) is 17.6. The lowest BCUT2D eigenvalue weighted by Gasteiger charge is -2.39. The van der Waals surface area contributed by atoms with Gasteiger partial charge < -0.3 is 15.0 Å². The van der Waals surface area contributed by atoms with Crippen molar-refractivity contribution >= 4 is 23.5 Å². The summed E-state index contributed by atoms with van der Waals surface area (Å²) in [5, 5.41) is 2.75. The van der Waals surface area contributed by atoms with Gasteiger partial charge in [-0.15, -0.1) is 0 Å². The Morgan fingerprint density at radius 2 is 2.13 bits per heavy atom. The maximum absolute atomic E-state index is 14.3. The van der Waals surface area contributed by atoms with Crippen molar-refractivity contribution in [2.45, 2.75) is 38.3 Å². The Morgan fingerprint density at radius 3 is 2.77 bits per heavy atom. The molecule has 3 heterocycles. The number of amides is 2. The number of hydrogen-bond donors (Lipinski definition) is 1. The van der Waals surface area contributed by atoms with E-state index in [0.29, 0.717) is 17.7 Å². The smallest absolute Gasteiger partial charge is 0.312 e.